The van der Waals surface area contributed by atoms with Crippen LogP contribution in [0.2, 0.25) is 0 Å². The van der Waals surface area contributed by atoms with E-state index >= 15 is 0 Å². The molecule has 4 nitrogen and oxygen atoms in total. The summed E-state index contributed by atoms with van der Waals surface area (Å²) in [6.45, 7) is 26.9. The molecule has 8 rings (SSSR count). The Labute approximate surface area is 357 Å². The number of fused-ring (bicyclic) bond motifs is 2. The van der Waals surface area contributed by atoms with Crippen molar-refractivity contribution >= 4 is 21.9 Å². The van der Waals surface area contributed by atoms with E-state index in [1.54, 1.807) is 0 Å². The van der Waals surface area contributed by atoms with Crippen LogP contribution < -0.4 is 0 Å². The van der Waals surface area contributed by atoms with E-state index in [1.807, 2.05) is 24.4 Å². The number of rotatable bonds is 6. The van der Waals surface area contributed by atoms with Crippen LogP contribution in [0.15, 0.2) is 134 Å². The number of hydrogen-bond acceptors (Lipinski definition) is 3. The second kappa shape index (κ2) is 14.6. The van der Waals surface area contributed by atoms with Gasteiger partial charge in [-0.1, -0.05) is 141 Å². The number of phenols is 1. The maximum absolute atomic E-state index is 11.8. The molecule has 8 aromatic rings. The molecule has 2 aromatic heterocycles. The number of imidazole rings is 1. The molecule has 1 N–H and O–H groups in total. The summed E-state index contributed by atoms with van der Waals surface area (Å²) in [5.41, 5.74) is 15.5. The molecule has 0 spiro atoms. The third-order valence-corrected chi connectivity index (χ3v) is 12.3. The third-order valence-electron chi connectivity index (χ3n) is 12.3. The lowest BCUT2D eigenvalue weighted by atomic mass is 9.83. The van der Waals surface area contributed by atoms with Gasteiger partial charge in [-0.25, -0.2) is 4.98 Å². The van der Waals surface area contributed by atoms with Crippen LogP contribution in [0.4, 0.5) is 0 Å². The van der Waals surface area contributed by atoms with Gasteiger partial charge in [0.2, 0.25) is 0 Å². The molecule has 0 bridgehead atoms. The van der Waals surface area contributed by atoms with Crippen molar-refractivity contribution in [3.05, 3.63) is 161 Å². The van der Waals surface area contributed by atoms with Crippen LogP contribution >= 0.6 is 0 Å². The Kier molecular flexibility index (Phi) is 9.93. The number of benzene rings is 6. The normalized spacial score (nSPS) is 12.7. The molecule has 0 saturated carbocycles. The topological polar surface area (TPSA) is 50.9 Å². The molecular weight excluding hydrogens is 731 g/mol. The molecule has 0 atom stereocenters. The summed E-state index contributed by atoms with van der Waals surface area (Å²) in [4.78, 5) is 10.6. The van der Waals surface area contributed by atoms with Gasteiger partial charge in [-0.05, 0) is 136 Å². The fourth-order valence-corrected chi connectivity index (χ4v) is 8.57. The Morgan fingerprint density at radius 3 is 1.70 bits per heavy atom. The number of aryl methyl sites for hydroxylation is 1. The summed E-state index contributed by atoms with van der Waals surface area (Å²) in [7, 11) is 0. The van der Waals surface area contributed by atoms with Crippen LogP contribution in [0.5, 0.6) is 5.75 Å². The van der Waals surface area contributed by atoms with E-state index < -0.39 is 5.54 Å². The van der Waals surface area contributed by atoms with Crippen molar-refractivity contribution in [2.45, 2.75) is 105 Å². The van der Waals surface area contributed by atoms with Crippen molar-refractivity contribution in [1.82, 2.24) is 14.5 Å². The van der Waals surface area contributed by atoms with Gasteiger partial charge in [-0.3, -0.25) is 4.98 Å². The fraction of sp³-hybridized carbons (Fsp3) is 0.286. The van der Waals surface area contributed by atoms with Crippen LogP contribution in [0, 0.1) is 6.92 Å². The van der Waals surface area contributed by atoms with E-state index in [1.165, 1.54) is 11.1 Å². The first-order valence-electron chi connectivity index (χ1n) is 21.3. The van der Waals surface area contributed by atoms with Gasteiger partial charge in [0.25, 0.3) is 0 Å². The molecule has 0 saturated heterocycles. The van der Waals surface area contributed by atoms with Crippen molar-refractivity contribution in [3.8, 4) is 50.5 Å². The number of pyridine rings is 1. The third kappa shape index (κ3) is 7.53. The molecule has 0 unspecified atom stereocenters. The average Bonchev–Trinajstić information content (AvgIpc) is 3.59. The highest BCUT2D eigenvalue weighted by Crippen LogP contribution is 2.45. The van der Waals surface area contributed by atoms with Crippen molar-refractivity contribution < 1.29 is 5.11 Å². The molecule has 0 aliphatic heterocycles. The molecule has 0 fully saturated rings. The van der Waals surface area contributed by atoms with E-state index in [0.717, 1.165) is 77.8 Å². The zero-order valence-electron chi connectivity index (χ0n) is 37.5. The molecule has 304 valence electrons. The number of phenolic OH excluding ortho intramolecular Hbond substituents is 1. The van der Waals surface area contributed by atoms with Gasteiger partial charge in [-0.2, -0.15) is 0 Å². The number of aromatic hydroxyl groups is 1. The van der Waals surface area contributed by atoms with Crippen molar-refractivity contribution in [3.63, 3.8) is 0 Å². The Morgan fingerprint density at radius 1 is 0.467 bits per heavy atom. The summed E-state index contributed by atoms with van der Waals surface area (Å²) in [6, 6.07) is 46.0. The monoisotopic (exact) mass is 789 g/mol. The van der Waals surface area contributed by atoms with Gasteiger partial charge < -0.3 is 9.67 Å². The van der Waals surface area contributed by atoms with Gasteiger partial charge in [0.05, 0.1) is 27.7 Å². The molecule has 2 heterocycles. The predicted octanol–water partition coefficient (Wildman–Crippen LogP) is 14.9. The first-order valence-corrected chi connectivity index (χ1v) is 21.3. The van der Waals surface area contributed by atoms with Crippen molar-refractivity contribution in [1.29, 1.82) is 0 Å². The van der Waals surface area contributed by atoms with Gasteiger partial charge in [0.15, 0.2) is 0 Å². The molecular formula is C56H59N3O. The van der Waals surface area contributed by atoms with E-state index in [2.05, 4.69) is 197 Å². The predicted molar refractivity (Wildman–Crippen MR) is 254 cm³/mol. The minimum Gasteiger partial charge on any atom is -0.507 e. The average molecular weight is 790 g/mol. The summed E-state index contributed by atoms with van der Waals surface area (Å²) >= 11 is 0. The van der Waals surface area contributed by atoms with Crippen LogP contribution in [-0.2, 0) is 21.8 Å². The summed E-state index contributed by atoms with van der Waals surface area (Å²) in [6.07, 6.45) is 1.89. The van der Waals surface area contributed by atoms with E-state index in [0.29, 0.717) is 5.56 Å². The molecule has 60 heavy (non-hydrogen) atoms. The Balaban J connectivity index is 1.48. The fourth-order valence-electron chi connectivity index (χ4n) is 8.57. The smallest absolute Gasteiger partial charge is 0.145 e. The Bertz CT molecular complexity index is 2890. The number of nitrogens with zero attached hydrogens (tertiary/aromatic N) is 3. The lowest BCUT2D eigenvalue weighted by Crippen LogP contribution is -2.28. The zero-order valence-corrected chi connectivity index (χ0v) is 37.5. The van der Waals surface area contributed by atoms with E-state index in [-0.39, 0.29) is 22.0 Å². The summed E-state index contributed by atoms with van der Waals surface area (Å²) in [5, 5.41) is 12.9. The molecule has 4 heteroatoms. The first-order chi connectivity index (χ1) is 28.2. The van der Waals surface area contributed by atoms with Gasteiger partial charge in [-0.15, -0.1) is 0 Å². The lowest BCUT2D eigenvalue weighted by molar-refractivity contribution is 0.448. The van der Waals surface area contributed by atoms with Gasteiger partial charge in [0.1, 0.15) is 11.6 Å². The minimum absolute atomic E-state index is 0.0335. The lowest BCUT2D eigenvalue weighted by Gasteiger charge is -2.31. The molecule has 0 radical (unpaired) electrons. The van der Waals surface area contributed by atoms with Gasteiger partial charge >= 0.3 is 0 Å². The Morgan fingerprint density at radius 2 is 1.07 bits per heavy atom. The first kappa shape index (κ1) is 40.8. The largest absolute Gasteiger partial charge is 0.507 e. The quantitative estimate of drug-likeness (QED) is 0.183. The number of aromatic nitrogens is 3. The molecule has 0 aliphatic carbocycles. The maximum Gasteiger partial charge on any atom is 0.145 e. The molecule has 6 aromatic carbocycles. The standard InChI is InChI=1S/C56H59N3O/c1-35-27-39(29-40(28-35)46-34-44(55(8,9)10)30-37-17-16-26-57-50(37)46)45-31-38(36-20-22-41(23-21-36)53(2,3)4)32-48-51(45)58-52(47-33-43(54(5,6)7)24-25-49(47)60)59(48)56(11,12)42-18-14-13-15-19-42/h13-34,60H,1-12H3. The van der Waals surface area contributed by atoms with Crippen LogP contribution in [0.1, 0.15) is 104 Å². The van der Waals surface area contributed by atoms with Crippen molar-refractivity contribution in [2.24, 2.45) is 0 Å². The van der Waals surface area contributed by atoms with Crippen LogP contribution in [-0.4, -0.2) is 19.6 Å². The maximum atomic E-state index is 11.8. The Hall–Kier alpha value is -6.00. The van der Waals surface area contributed by atoms with Crippen LogP contribution in [0.3, 0.4) is 0 Å². The highest BCUT2D eigenvalue weighted by atomic mass is 16.3. The number of hydrogen-bond donors (Lipinski definition) is 1. The summed E-state index contributed by atoms with van der Waals surface area (Å²) < 4.78 is 2.36. The highest BCUT2D eigenvalue weighted by molar-refractivity contribution is 6.01. The SMILES string of the molecule is Cc1cc(-c2cc(C(C)(C)C)cc3cccnc23)cc(-c2cc(-c3ccc(C(C)(C)C)cc3)cc3c2nc(-c2cc(C(C)(C)C)ccc2O)n3C(C)(C)c2ccccc2)c1. The van der Waals surface area contributed by atoms with E-state index in [4.69, 9.17) is 9.97 Å². The van der Waals surface area contributed by atoms with E-state index in [9.17, 15) is 5.11 Å². The minimum atomic E-state index is -0.558. The molecule has 0 amide bonds. The van der Waals surface area contributed by atoms with Gasteiger partial charge in [0, 0.05) is 22.7 Å². The summed E-state index contributed by atoms with van der Waals surface area (Å²) in [5.74, 6) is 0.934. The van der Waals surface area contributed by atoms with Crippen molar-refractivity contribution in [2.75, 3.05) is 0 Å². The highest BCUT2D eigenvalue weighted by Gasteiger charge is 2.32. The molecule has 0 aliphatic rings. The van der Waals surface area contributed by atoms with Crippen LogP contribution in [0.25, 0.3) is 66.7 Å². The zero-order chi connectivity index (χ0) is 42.9. The second-order valence-electron chi connectivity index (χ2n) is 20.3. The second-order valence-corrected chi connectivity index (χ2v) is 20.3.